The van der Waals surface area contributed by atoms with Crippen LogP contribution in [-0.2, 0) is 0 Å². The Morgan fingerprint density at radius 2 is 1.73 bits per heavy atom. The number of rotatable bonds is 5. The minimum atomic E-state index is 0.178. The lowest BCUT2D eigenvalue weighted by molar-refractivity contribution is 0.0560. The van der Waals surface area contributed by atoms with Crippen molar-refractivity contribution >= 4 is 23.4 Å². The Balaban J connectivity index is 1.38. The molecule has 2 heterocycles. The molecule has 2 aromatic rings. The van der Waals surface area contributed by atoms with E-state index >= 15 is 0 Å². The number of hydrogen-bond acceptors (Lipinski definition) is 5. The van der Waals surface area contributed by atoms with E-state index in [1.54, 1.807) is 18.9 Å². The maximum absolute atomic E-state index is 13.2. The van der Waals surface area contributed by atoms with Crippen molar-refractivity contribution in [1.29, 1.82) is 0 Å². The fourth-order valence-electron chi connectivity index (χ4n) is 4.65. The number of hydrogen-bond donors (Lipinski definition) is 0. The highest BCUT2D eigenvalue weighted by atomic mass is 32.2. The number of nitrogens with zero attached hydrogens (tertiary/aromatic N) is 3. The third-order valence-corrected chi connectivity index (χ3v) is 7.07. The van der Waals surface area contributed by atoms with Gasteiger partial charge in [-0.25, -0.2) is 0 Å². The standard InChI is InChI=1S/C24H31N3O2S/c1-29-22-11-5-4-10-21(22)26-16-14-25(15-17-26)19-8-7-13-27(18-19)24(28)20-9-3-6-12-23(20)30-2/h3-6,9-12,19H,7-8,13-18H2,1-2H3/t19-/m1/s1. The number of piperidine rings is 1. The Bertz CT molecular complexity index is 867. The summed E-state index contributed by atoms with van der Waals surface area (Å²) >= 11 is 1.64. The zero-order chi connectivity index (χ0) is 20.9. The summed E-state index contributed by atoms with van der Waals surface area (Å²) in [5.41, 5.74) is 2.01. The van der Waals surface area contributed by atoms with Gasteiger partial charge in [0, 0.05) is 50.2 Å². The lowest BCUT2D eigenvalue weighted by atomic mass is 10.0. The van der Waals surface area contributed by atoms with Crippen LogP contribution in [0.4, 0.5) is 5.69 Å². The van der Waals surface area contributed by atoms with Crippen molar-refractivity contribution < 1.29 is 9.53 Å². The summed E-state index contributed by atoms with van der Waals surface area (Å²) in [6.45, 7) is 5.70. The molecule has 0 bridgehead atoms. The first-order valence-electron chi connectivity index (χ1n) is 10.8. The molecule has 0 aliphatic carbocycles. The Morgan fingerprint density at radius 1 is 1.00 bits per heavy atom. The van der Waals surface area contributed by atoms with E-state index in [0.29, 0.717) is 6.04 Å². The van der Waals surface area contributed by atoms with E-state index in [9.17, 15) is 4.79 Å². The lowest BCUT2D eigenvalue weighted by Crippen LogP contribution is -2.56. The molecule has 0 N–H and O–H groups in total. The fourth-order valence-corrected chi connectivity index (χ4v) is 5.24. The molecule has 1 atom stereocenters. The molecule has 2 saturated heterocycles. The van der Waals surface area contributed by atoms with Crippen LogP contribution in [0.5, 0.6) is 5.75 Å². The second kappa shape index (κ2) is 9.75. The van der Waals surface area contributed by atoms with Crippen LogP contribution in [-0.4, -0.2) is 74.4 Å². The van der Waals surface area contributed by atoms with Crippen LogP contribution in [0.2, 0.25) is 0 Å². The molecule has 0 saturated carbocycles. The van der Waals surface area contributed by atoms with Crippen LogP contribution in [0.1, 0.15) is 23.2 Å². The number of likely N-dealkylation sites (tertiary alicyclic amines) is 1. The number of para-hydroxylation sites is 2. The zero-order valence-electron chi connectivity index (χ0n) is 17.9. The van der Waals surface area contributed by atoms with Gasteiger partial charge in [-0.2, -0.15) is 0 Å². The van der Waals surface area contributed by atoms with Gasteiger partial charge in [0.05, 0.1) is 18.4 Å². The molecule has 1 amide bonds. The minimum Gasteiger partial charge on any atom is -0.495 e. The first-order valence-corrected chi connectivity index (χ1v) is 12.0. The number of amides is 1. The van der Waals surface area contributed by atoms with E-state index in [0.717, 1.165) is 61.9 Å². The molecule has 2 fully saturated rings. The van der Waals surface area contributed by atoms with E-state index in [1.807, 2.05) is 42.7 Å². The average molecular weight is 426 g/mol. The molecular formula is C24H31N3O2S. The molecule has 0 spiro atoms. The van der Waals surface area contributed by atoms with Gasteiger partial charge < -0.3 is 14.5 Å². The number of anilines is 1. The highest BCUT2D eigenvalue weighted by Crippen LogP contribution is 2.29. The van der Waals surface area contributed by atoms with Gasteiger partial charge in [-0.1, -0.05) is 24.3 Å². The Labute approximate surface area is 184 Å². The predicted octanol–water partition coefficient (Wildman–Crippen LogP) is 3.84. The molecular weight excluding hydrogens is 394 g/mol. The number of ether oxygens (including phenoxy) is 1. The molecule has 0 radical (unpaired) electrons. The van der Waals surface area contributed by atoms with Crippen LogP contribution in [0.25, 0.3) is 0 Å². The zero-order valence-corrected chi connectivity index (χ0v) is 18.7. The molecule has 5 nitrogen and oxygen atoms in total. The molecule has 6 heteroatoms. The average Bonchev–Trinajstić information content (AvgIpc) is 2.83. The maximum atomic E-state index is 13.2. The van der Waals surface area contributed by atoms with Crippen molar-refractivity contribution in [3.8, 4) is 5.75 Å². The molecule has 2 aliphatic heterocycles. The topological polar surface area (TPSA) is 36.0 Å². The minimum absolute atomic E-state index is 0.178. The van der Waals surface area contributed by atoms with Gasteiger partial charge in [-0.15, -0.1) is 11.8 Å². The van der Waals surface area contributed by atoms with E-state index in [1.165, 1.54) is 12.1 Å². The van der Waals surface area contributed by atoms with Crippen molar-refractivity contribution in [2.24, 2.45) is 0 Å². The second-order valence-corrected chi connectivity index (χ2v) is 8.79. The van der Waals surface area contributed by atoms with E-state index < -0.39 is 0 Å². The summed E-state index contributed by atoms with van der Waals surface area (Å²) in [7, 11) is 1.73. The number of carbonyl (C=O) groups excluding carboxylic acids is 1. The summed E-state index contributed by atoms with van der Waals surface area (Å²) < 4.78 is 5.54. The van der Waals surface area contributed by atoms with E-state index in [2.05, 4.69) is 26.8 Å². The number of thioether (sulfide) groups is 1. The van der Waals surface area contributed by atoms with Crippen molar-refractivity contribution in [2.45, 2.75) is 23.8 Å². The van der Waals surface area contributed by atoms with Crippen molar-refractivity contribution in [2.75, 3.05) is 57.5 Å². The monoisotopic (exact) mass is 425 g/mol. The summed E-state index contributed by atoms with van der Waals surface area (Å²) in [6, 6.07) is 16.7. The smallest absolute Gasteiger partial charge is 0.255 e. The molecule has 160 valence electrons. The van der Waals surface area contributed by atoms with Gasteiger partial charge in [0.1, 0.15) is 5.75 Å². The van der Waals surface area contributed by atoms with E-state index in [4.69, 9.17) is 4.74 Å². The summed E-state index contributed by atoms with van der Waals surface area (Å²) in [5.74, 6) is 1.12. The predicted molar refractivity (Wildman–Crippen MR) is 124 cm³/mol. The van der Waals surface area contributed by atoms with Gasteiger partial charge in [-0.05, 0) is 43.4 Å². The van der Waals surface area contributed by atoms with Crippen LogP contribution < -0.4 is 9.64 Å². The Kier molecular flexibility index (Phi) is 6.85. The highest BCUT2D eigenvalue weighted by molar-refractivity contribution is 7.98. The Morgan fingerprint density at radius 3 is 2.50 bits per heavy atom. The fraction of sp³-hybridized carbons (Fsp3) is 0.458. The molecule has 0 unspecified atom stereocenters. The number of methoxy groups -OCH3 is 1. The van der Waals surface area contributed by atoms with Crippen LogP contribution in [0.3, 0.4) is 0 Å². The van der Waals surface area contributed by atoms with Gasteiger partial charge in [0.2, 0.25) is 0 Å². The quantitative estimate of drug-likeness (QED) is 0.680. The van der Waals surface area contributed by atoms with Crippen molar-refractivity contribution in [3.05, 3.63) is 54.1 Å². The highest BCUT2D eigenvalue weighted by Gasteiger charge is 2.31. The molecule has 4 rings (SSSR count). The lowest BCUT2D eigenvalue weighted by Gasteiger charge is -2.44. The van der Waals surface area contributed by atoms with Crippen LogP contribution in [0, 0.1) is 0 Å². The molecule has 30 heavy (non-hydrogen) atoms. The number of carbonyl (C=O) groups is 1. The third kappa shape index (κ3) is 4.44. The van der Waals surface area contributed by atoms with Gasteiger partial charge in [0.25, 0.3) is 5.91 Å². The van der Waals surface area contributed by atoms with Crippen molar-refractivity contribution in [1.82, 2.24) is 9.80 Å². The molecule has 0 aromatic heterocycles. The normalized spacial score (nSPS) is 20.3. The summed E-state index contributed by atoms with van der Waals surface area (Å²) in [6.07, 6.45) is 4.28. The third-order valence-electron chi connectivity index (χ3n) is 6.28. The first-order chi connectivity index (χ1) is 14.7. The van der Waals surface area contributed by atoms with Gasteiger partial charge >= 0.3 is 0 Å². The van der Waals surface area contributed by atoms with Crippen molar-refractivity contribution in [3.63, 3.8) is 0 Å². The maximum Gasteiger partial charge on any atom is 0.255 e. The molecule has 2 aromatic carbocycles. The van der Waals surface area contributed by atoms with E-state index in [-0.39, 0.29) is 5.91 Å². The molecule has 2 aliphatic rings. The van der Waals surface area contributed by atoms with Gasteiger partial charge in [-0.3, -0.25) is 9.69 Å². The summed E-state index contributed by atoms with van der Waals surface area (Å²) in [4.78, 5) is 21.3. The van der Waals surface area contributed by atoms with Gasteiger partial charge in [0.15, 0.2) is 0 Å². The van der Waals surface area contributed by atoms with Crippen LogP contribution in [0.15, 0.2) is 53.4 Å². The largest absolute Gasteiger partial charge is 0.495 e. The number of benzene rings is 2. The summed E-state index contributed by atoms with van der Waals surface area (Å²) in [5, 5.41) is 0. The number of piperazine rings is 1. The van der Waals surface area contributed by atoms with Crippen LogP contribution >= 0.6 is 11.8 Å². The Hall–Kier alpha value is -2.18. The SMILES string of the molecule is COc1ccccc1N1CCN([C@@H]2CCCN(C(=O)c3ccccc3SC)C2)CC1. The first kappa shape index (κ1) is 21.1. The second-order valence-electron chi connectivity index (χ2n) is 7.94.